The van der Waals surface area contributed by atoms with Gasteiger partial charge in [0.2, 0.25) is 0 Å². The van der Waals surface area contributed by atoms with Crippen molar-refractivity contribution in [3.63, 3.8) is 0 Å². The van der Waals surface area contributed by atoms with E-state index in [4.69, 9.17) is 0 Å². The highest BCUT2D eigenvalue weighted by Gasteiger charge is 2.40. The monoisotopic (exact) mass is 486 g/mol. The molecule has 196 valence electrons. The maximum absolute atomic E-state index is 14.6. The second-order valence-corrected chi connectivity index (χ2v) is 15.1. The number of hydrogen-bond donors (Lipinski definition) is 0. The molecular formula is C35H50O. The summed E-state index contributed by atoms with van der Waals surface area (Å²) in [4.78, 5) is 14.6. The molecule has 0 unspecified atom stereocenters. The van der Waals surface area contributed by atoms with Crippen LogP contribution >= 0.6 is 0 Å². The second-order valence-electron chi connectivity index (χ2n) is 15.1. The van der Waals surface area contributed by atoms with Crippen molar-refractivity contribution in [2.45, 2.75) is 142 Å². The van der Waals surface area contributed by atoms with Crippen LogP contribution in [0.3, 0.4) is 0 Å². The van der Waals surface area contributed by atoms with Crippen molar-refractivity contribution >= 4 is 5.78 Å². The average Bonchev–Trinajstić information content (AvgIpc) is 2.78. The van der Waals surface area contributed by atoms with Crippen LogP contribution in [0.5, 0.6) is 0 Å². The van der Waals surface area contributed by atoms with Gasteiger partial charge in [-0.2, -0.15) is 0 Å². The molecule has 2 aromatic rings. The number of rotatable bonds is 4. The Hall–Kier alpha value is -1.89. The van der Waals surface area contributed by atoms with E-state index in [1.807, 2.05) is 0 Å². The number of fused-ring (bicyclic) bond motifs is 2. The zero-order valence-electron chi connectivity index (χ0n) is 25.2. The lowest BCUT2D eigenvalue weighted by atomic mass is 9.61. The van der Waals surface area contributed by atoms with Crippen molar-refractivity contribution < 1.29 is 4.79 Å². The SMILES string of the molecule is CC(C)c1cc2c(cc1C(=O)c1cc3c(cc1C(C)C)C(C)(C)CCC3(C)C)C(C)(C)CCC2(C)C. The molecule has 0 aromatic heterocycles. The van der Waals surface area contributed by atoms with Crippen LogP contribution < -0.4 is 0 Å². The summed E-state index contributed by atoms with van der Waals surface area (Å²) in [6, 6.07) is 9.39. The molecule has 0 fully saturated rings. The van der Waals surface area contributed by atoms with E-state index in [0.29, 0.717) is 11.8 Å². The maximum atomic E-state index is 14.6. The first kappa shape index (κ1) is 27.2. The van der Waals surface area contributed by atoms with Crippen molar-refractivity contribution in [2.75, 3.05) is 0 Å². The summed E-state index contributed by atoms with van der Waals surface area (Å²) in [6.45, 7) is 27.9. The number of hydrogen-bond acceptors (Lipinski definition) is 1. The standard InChI is InChI=1S/C35H50O/c1-21(2)23-17-27-29(34(9,10)15-13-32(27,5)6)19-25(23)31(36)26-20-30-28(18-24(26)22(3)4)33(7,8)14-16-35(30,11)12/h17-22H,13-16H2,1-12H3. The molecular weight excluding hydrogens is 436 g/mol. The van der Waals surface area contributed by atoms with Gasteiger partial charge >= 0.3 is 0 Å². The highest BCUT2D eigenvalue weighted by atomic mass is 16.1. The Bertz CT molecular complexity index is 1110. The van der Waals surface area contributed by atoms with E-state index in [1.54, 1.807) is 0 Å². The van der Waals surface area contributed by atoms with Gasteiger partial charge in [-0.1, -0.05) is 95.2 Å². The van der Waals surface area contributed by atoms with Gasteiger partial charge in [-0.15, -0.1) is 0 Å². The molecule has 0 radical (unpaired) electrons. The smallest absolute Gasteiger partial charge is 0.193 e. The van der Waals surface area contributed by atoms with Gasteiger partial charge in [-0.25, -0.2) is 0 Å². The van der Waals surface area contributed by atoms with Crippen LogP contribution in [0.1, 0.15) is 170 Å². The zero-order chi connectivity index (χ0) is 27.0. The number of carbonyl (C=O) groups is 1. The predicted octanol–water partition coefficient (Wildman–Crippen LogP) is 9.86. The largest absolute Gasteiger partial charge is 0.289 e. The lowest BCUT2D eigenvalue weighted by molar-refractivity contribution is 0.103. The zero-order valence-corrected chi connectivity index (χ0v) is 25.2. The molecule has 0 amide bonds. The van der Waals surface area contributed by atoms with E-state index in [9.17, 15) is 4.79 Å². The van der Waals surface area contributed by atoms with Crippen LogP contribution in [0.2, 0.25) is 0 Å². The van der Waals surface area contributed by atoms with E-state index in [2.05, 4.69) is 107 Å². The first-order chi connectivity index (χ1) is 16.4. The molecule has 0 saturated carbocycles. The van der Waals surface area contributed by atoms with Crippen molar-refractivity contribution in [3.8, 4) is 0 Å². The summed E-state index contributed by atoms with van der Waals surface area (Å²) in [7, 11) is 0. The van der Waals surface area contributed by atoms with Gasteiger partial charge in [-0.05, 0) is 105 Å². The van der Waals surface area contributed by atoms with E-state index >= 15 is 0 Å². The fourth-order valence-electron chi connectivity index (χ4n) is 6.75. The fraction of sp³-hybridized carbons (Fsp3) is 0.629. The number of ketones is 1. The molecule has 0 spiro atoms. The first-order valence-corrected chi connectivity index (χ1v) is 14.3. The Balaban J connectivity index is 2.00. The molecule has 0 saturated heterocycles. The Morgan fingerprint density at radius 1 is 0.528 bits per heavy atom. The molecule has 2 aromatic carbocycles. The minimum atomic E-state index is 0.0815. The maximum Gasteiger partial charge on any atom is 0.193 e. The summed E-state index contributed by atoms with van der Waals surface area (Å²) >= 11 is 0. The normalized spacial score (nSPS) is 21.3. The van der Waals surface area contributed by atoms with Crippen LogP contribution in [-0.2, 0) is 21.7 Å². The van der Waals surface area contributed by atoms with Gasteiger partial charge in [0.1, 0.15) is 0 Å². The van der Waals surface area contributed by atoms with Gasteiger partial charge in [0.05, 0.1) is 0 Å². The average molecular weight is 487 g/mol. The Morgan fingerprint density at radius 3 is 1.03 bits per heavy atom. The molecule has 1 heteroatoms. The predicted molar refractivity (Wildman–Crippen MR) is 155 cm³/mol. The lowest BCUT2D eigenvalue weighted by Gasteiger charge is -2.43. The summed E-state index contributed by atoms with van der Waals surface area (Å²) < 4.78 is 0. The Kier molecular flexibility index (Phi) is 6.46. The third-order valence-electron chi connectivity index (χ3n) is 9.78. The van der Waals surface area contributed by atoms with Gasteiger partial charge in [0.25, 0.3) is 0 Å². The van der Waals surface area contributed by atoms with Crippen LogP contribution in [0, 0.1) is 0 Å². The molecule has 36 heavy (non-hydrogen) atoms. The van der Waals surface area contributed by atoms with Gasteiger partial charge < -0.3 is 0 Å². The molecule has 2 aliphatic carbocycles. The molecule has 0 N–H and O–H groups in total. The summed E-state index contributed by atoms with van der Waals surface area (Å²) in [5, 5.41) is 0. The molecule has 0 bridgehead atoms. The molecule has 2 aliphatic rings. The number of benzene rings is 2. The minimum absolute atomic E-state index is 0.0815. The molecule has 1 nitrogen and oxygen atoms in total. The Morgan fingerprint density at radius 2 is 0.778 bits per heavy atom. The van der Waals surface area contributed by atoms with Crippen LogP contribution in [-0.4, -0.2) is 5.78 Å². The van der Waals surface area contributed by atoms with Crippen LogP contribution in [0.15, 0.2) is 24.3 Å². The summed E-state index contributed by atoms with van der Waals surface area (Å²) in [6.07, 6.45) is 4.68. The quantitative estimate of drug-likeness (QED) is 0.393. The minimum Gasteiger partial charge on any atom is -0.289 e. The van der Waals surface area contributed by atoms with Gasteiger partial charge in [0.15, 0.2) is 5.78 Å². The lowest BCUT2D eigenvalue weighted by Crippen LogP contribution is -2.35. The van der Waals surface area contributed by atoms with E-state index in [1.165, 1.54) is 46.2 Å². The molecule has 0 aliphatic heterocycles. The highest BCUT2D eigenvalue weighted by Crippen LogP contribution is 2.49. The topological polar surface area (TPSA) is 17.1 Å². The number of carbonyl (C=O) groups excluding carboxylic acids is 1. The third-order valence-corrected chi connectivity index (χ3v) is 9.78. The molecule has 4 rings (SSSR count). The van der Waals surface area contributed by atoms with Crippen LogP contribution in [0.25, 0.3) is 0 Å². The van der Waals surface area contributed by atoms with Gasteiger partial charge in [-0.3, -0.25) is 4.79 Å². The van der Waals surface area contributed by atoms with Crippen molar-refractivity contribution in [1.82, 2.24) is 0 Å². The van der Waals surface area contributed by atoms with Crippen molar-refractivity contribution in [2.24, 2.45) is 0 Å². The third kappa shape index (κ3) is 4.39. The highest BCUT2D eigenvalue weighted by molar-refractivity contribution is 6.11. The second kappa shape index (κ2) is 8.57. The Labute approximate surface area is 221 Å². The van der Waals surface area contributed by atoms with E-state index in [-0.39, 0.29) is 27.4 Å². The summed E-state index contributed by atoms with van der Waals surface area (Å²) in [5.41, 5.74) is 10.3. The molecule has 0 heterocycles. The van der Waals surface area contributed by atoms with Crippen molar-refractivity contribution in [1.29, 1.82) is 0 Å². The van der Waals surface area contributed by atoms with Crippen LogP contribution in [0.4, 0.5) is 0 Å². The van der Waals surface area contributed by atoms with Crippen molar-refractivity contribution in [3.05, 3.63) is 68.8 Å². The van der Waals surface area contributed by atoms with Gasteiger partial charge in [0, 0.05) is 11.1 Å². The fourth-order valence-corrected chi connectivity index (χ4v) is 6.75. The first-order valence-electron chi connectivity index (χ1n) is 14.3. The van der Waals surface area contributed by atoms with E-state index in [0.717, 1.165) is 24.0 Å². The summed E-state index contributed by atoms with van der Waals surface area (Å²) in [5.74, 6) is 0.808. The molecule has 0 atom stereocenters. The van der Waals surface area contributed by atoms with E-state index < -0.39 is 0 Å².